The Bertz CT molecular complexity index is 435. The summed E-state index contributed by atoms with van der Waals surface area (Å²) in [7, 11) is -3.26. The molecule has 0 aromatic carbocycles. The van der Waals surface area contributed by atoms with Crippen LogP contribution in [0.15, 0.2) is 0 Å². The van der Waals surface area contributed by atoms with E-state index in [2.05, 4.69) is 17.0 Å². The standard InChI is InChI=1S/C14H27N3O2S/c1-14(6-7-14)11-16-20(18,19)17-8-4-12(5-9-17)10-15-13-2-3-13/h12-13,15-16H,2-11H2,1H3. The van der Waals surface area contributed by atoms with Gasteiger partial charge in [-0.05, 0) is 56.4 Å². The fourth-order valence-electron chi connectivity index (χ4n) is 2.72. The fraction of sp³-hybridized carbons (Fsp3) is 1.00. The molecule has 116 valence electrons. The molecular formula is C14H27N3O2S. The highest BCUT2D eigenvalue weighted by Gasteiger charge is 2.39. The van der Waals surface area contributed by atoms with E-state index in [1.165, 1.54) is 12.8 Å². The first-order valence-electron chi connectivity index (χ1n) is 7.95. The zero-order valence-electron chi connectivity index (χ0n) is 12.4. The molecular weight excluding hydrogens is 274 g/mol. The lowest BCUT2D eigenvalue weighted by molar-refractivity contribution is 0.264. The zero-order chi connectivity index (χ0) is 14.2. The van der Waals surface area contributed by atoms with Gasteiger partial charge in [-0.3, -0.25) is 0 Å². The van der Waals surface area contributed by atoms with Gasteiger partial charge in [-0.2, -0.15) is 12.7 Å². The molecule has 5 nitrogen and oxygen atoms in total. The molecule has 1 heterocycles. The monoisotopic (exact) mass is 301 g/mol. The van der Waals surface area contributed by atoms with Crippen LogP contribution in [0.5, 0.6) is 0 Å². The van der Waals surface area contributed by atoms with Crippen molar-refractivity contribution in [1.82, 2.24) is 14.3 Å². The molecule has 0 aromatic heterocycles. The Kier molecular flexibility index (Phi) is 4.10. The van der Waals surface area contributed by atoms with E-state index in [9.17, 15) is 8.42 Å². The second kappa shape index (κ2) is 5.55. The van der Waals surface area contributed by atoms with Crippen LogP contribution in [0.4, 0.5) is 0 Å². The minimum absolute atomic E-state index is 0.222. The van der Waals surface area contributed by atoms with E-state index in [1.54, 1.807) is 4.31 Å². The van der Waals surface area contributed by atoms with E-state index in [1.807, 2.05) is 0 Å². The molecule has 2 aliphatic carbocycles. The fourth-order valence-corrected chi connectivity index (χ4v) is 4.13. The minimum Gasteiger partial charge on any atom is -0.314 e. The molecule has 3 rings (SSSR count). The molecule has 0 unspecified atom stereocenters. The molecule has 20 heavy (non-hydrogen) atoms. The van der Waals surface area contributed by atoms with Crippen LogP contribution in [0.25, 0.3) is 0 Å². The summed E-state index contributed by atoms with van der Waals surface area (Å²) in [5.74, 6) is 0.642. The summed E-state index contributed by atoms with van der Waals surface area (Å²) < 4.78 is 28.9. The first-order valence-corrected chi connectivity index (χ1v) is 9.39. The van der Waals surface area contributed by atoms with E-state index in [0.29, 0.717) is 25.6 Å². The number of rotatable bonds is 7. The molecule has 0 spiro atoms. The number of piperidine rings is 1. The second-order valence-electron chi connectivity index (χ2n) is 7.16. The van der Waals surface area contributed by atoms with Crippen LogP contribution >= 0.6 is 0 Å². The number of nitrogens with zero attached hydrogens (tertiary/aromatic N) is 1. The highest BCUT2D eigenvalue weighted by Crippen LogP contribution is 2.44. The van der Waals surface area contributed by atoms with Crippen molar-refractivity contribution in [3.8, 4) is 0 Å². The van der Waals surface area contributed by atoms with E-state index >= 15 is 0 Å². The van der Waals surface area contributed by atoms with Crippen molar-refractivity contribution < 1.29 is 8.42 Å². The molecule has 3 aliphatic rings. The number of nitrogens with one attached hydrogen (secondary N) is 2. The Morgan fingerprint density at radius 3 is 2.35 bits per heavy atom. The zero-order valence-corrected chi connectivity index (χ0v) is 13.2. The van der Waals surface area contributed by atoms with Crippen molar-refractivity contribution >= 4 is 10.2 Å². The summed E-state index contributed by atoms with van der Waals surface area (Å²) in [6.07, 6.45) is 6.89. The van der Waals surface area contributed by atoms with Gasteiger partial charge in [0.1, 0.15) is 0 Å². The third-order valence-electron chi connectivity index (χ3n) is 4.97. The Morgan fingerprint density at radius 2 is 1.80 bits per heavy atom. The SMILES string of the molecule is CC1(CNS(=O)(=O)N2CCC(CNC3CC3)CC2)CC1. The summed E-state index contributed by atoms with van der Waals surface area (Å²) >= 11 is 0. The van der Waals surface area contributed by atoms with Crippen LogP contribution in [0, 0.1) is 11.3 Å². The van der Waals surface area contributed by atoms with Crippen molar-refractivity contribution in [3.63, 3.8) is 0 Å². The molecule has 0 amide bonds. The van der Waals surface area contributed by atoms with E-state index < -0.39 is 10.2 Å². The van der Waals surface area contributed by atoms with Crippen LogP contribution in [0.2, 0.25) is 0 Å². The van der Waals surface area contributed by atoms with Crippen molar-refractivity contribution in [3.05, 3.63) is 0 Å². The molecule has 2 saturated carbocycles. The first-order chi connectivity index (χ1) is 9.47. The first kappa shape index (κ1) is 14.8. The number of hydrogen-bond donors (Lipinski definition) is 2. The molecule has 1 aliphatic heterocycles. The average molecular weight is 301 g/mol. The normalized spacial score (nSPS) is 27.6. The lowest BCUT2D eigenvalue weighted by Crippen LogP contribution is -2.47. The molecule has 6 heteroatoms. The Morgan fingerprint density at radius 1 is 1.15 bits per heavy atom. The molecule has 0 bridgehead atoms. The van der Waals surface area contributed by atoms with E-state index in [-0.39, 0.29) is 5.41 Å². The summed E-state index contributed by atoms with van der Waals surface area (Å²) in [6, 6.07) is 0.748. The quantitative estimate of drug-likeness (QED) is 0.740. The Balaban J connectivity index is 1.41. The van der Waals surface area contributed by atoms with Crippen molar-refractivity contribution in [2.75, 3.05) is 26.2 Å². The number of hydrogen-bond acceptors (Lipinski definition) is 3. The molecule has 0 radical (unpaired) electrons. The van der Waals surface area contributed by atoms with Crippen molar-refractivity contribution in [2.24, 2.45) is 11.3 Å². The van der Waals surface area contributed by atoms with Gasteiger partial charge in [0.05, 0.1) is 0 Å². The summed E-state index contributed by atoms with van der Waals surface area (Å²) in [5, 5.41) is 3.55. The lowest BCUT2D eigenvalue weighted by Gasteiger charge is -2.31. The van der Waals surface area contributed by atoms with Crippen LogP contribution in [0.1, 0.15) is 45.4 Å². The maximum Gasteiger partial charge on any atom is 0.279 e. The van der Waals surface area contributed by atoms with Gasteiger partial charge in [-0.25, -0.2) is 4.72 Å². The smallest absolute Gasteiger partial charge is 0.279 e. The second-order valence-corrected chi connectivity index (χ2v) is 8.92. The summed E-state index contributed by atoms with van der Waals surface area (Å²) in [4.78, 5) is 0. The molecule has 1 saturated heterocycles. The molecule has 0 atom stereocenters. The minimum atomic E-state index is -3.26. The van der Waals surface area contributed by atoms with Crippen molar-refractivity contribution in [2.45, 2.75) is 51.5 Å². The van der Waals surface area contributed by atoms with Crippen LogP contribution in [0.3, 0.4) is 0 Å². The van der Waals surface area contributed by atoms with E-state index in [4.69, 9.17) is 0 Å². The average Bonchev–Trinajstić information content (AvgIpc) is 3.33. The highest BCUT2D eigenvalue weighted by atomic mass is 32.2. The lowest BCUT2D eigenvalue weighted by atomic mass is 9.98. The molecule has 2 N–H and O–H groups in total. The summed E-state index contributed by atoms with van der Waals surface area (Å²) in [5.41, 5.74) is 0.222. The van der Waals surface area contributed by atoms with E-state index in [0.717, 1.165) is 38.3 Å². The van der Waals surface area contributed by atoms with Gasteiger partial charge >= 0.3 is 0 Å². The summed E-state index contributed by atoms with van der Waals surface area (Å²) in [6.45, 7) is 5.14. The predicted molar refractivity (Wildman–Crippen MR) is 79.6 cm³/mol. The third-order valence-corrected chi connectivity index (χ3v) is 6.52. The molecule has 3 fully saturated rings. The van der Waals surface area contributed by atoms with Gasteiger partial charge < -0.3 is 5.32 Å². The Hall–Kier alpha value is -0.170. The maximum absolute atomic E-state index is 12.2. The molecule has 0 aromatic rings. The van der Waals surface area contributed by atoms with Gasteiger partial charge in [0.25, 0.3) is 10.2 Å². The van der Waals surface area contributed by atoms with Crippen LogP contribution in [-0.2, 0) is 10.2 Å². The van der Waals surface area contributed by atoms with Gasteiger partial charge in [-0.1, -0.05) is 6.92 Å². The third kappa shape index (κ3) is 3.93. The van der Waals surface area contributed by atoms with Gasteiger partial charge in [-0.15, -0.1) is 0 Å². The van der Waals surface area contributed by atoms with Gasteiger partial charge in [0.15, 0.2) is 0 Å². The van der Waals surface area contributed by atoms with Crippen molar-refractivity contribution in [1.29, 1.82) is 0 Å². The predicted octanol–water partition coefficient (Wildman–Crippen LogP) is 1.08. The Labute approximate surface area is 122 Å². The highest BCUT2D eigenvalue weighted by molar-refractivity contribution is 7.87. The van der Waals surface area contributed by atoms with Crippen LogP contribution in [-0.4, -0.2) is 44.9 Å². The van der Waals surface area contributed by atoms with Gasteiger partial charge in [0, 0.05) is 25.7 Å². The maximum atomic E-state index is 12.2. The van der Waals surface area contributed by atoms with Gasteiger partial charge in [0.2, 0.25) is 0 Å². The van der Waals surface area contributed by atoms with Crippen LogP contribution < -0.4 is 10.0 Å². The topological polar surface area (TPSA) is 61.4 Å². The largest absolute Gasteiger partial charge is 0.314 e.